The number of hydrogen-bond acceptors (Lipinski definition) is 6. The van der Waals surface area contributed by atoms with E-state index in [2.05, 4.69) is 5.32 Å². The molecule has 8 nitrogen and oxygen atoms in total. The van der Waals surface area contributed by atoms with Crippen LogP contribution in [0.3, 0.4) is 0 Å². The van der Waals surface area contributed by atoms with Gasteiger partial charge in [-0.1, -0.05) is 0 Å². The molecule has 0 aromatic heterocycles. The first kappa shape index (κ1) is 21.1. The molecule has 1 aromatic rings. The molecule has 2 fully saturated rings. The van der Waals surface area contributed by atoms with Crippen LogP contribution in [0.2, 0.25) is 0 Å². The molecule has 1 aromatic carbocycles. The third-order valence-electron chi connectivity index (χ3n) is 6.17. The Bertz CT molecular complexity index is 779. The lowest BCUT2D eigenvalue weighted by Crippen LogP contribution is -2.48. The zero-order chi connectivity index (χ0) is 21.1. The van der Waals surface area contributed by atoms with Crippen molar-refractivity contribution in [1.29, 1.82) is 0 Å². The van der Waals surface area contributed by atoms with Crippen LogP contribution in [-0.2, 0) is 19.1 Å². The van der Waals surface area contributed by atoms with Crippen LogP contribution >= 0.6 is 0 Å². The van der Waals surface area contributed by atoms with Crippen molar-refractivity contribution in [2.45, 2.75) is 56.3 Å². The molecule has 3 aliphatic rings. The maximum absolute atomic E-state index is 12.7. The first-order valence-corrected chi connectivity index (χ1v) is 10.7. The second kappa shape index (κ2) is 9.32. The Morgan fingerprint density at radius 1 is 1.27 bits per heavy atom. The molecule has 30 heavy (non-hydrogen) atoms. The van der Waals surface area contributed by atoms with Gasteiger partial charge in [0.05, 0.1) is 19.1 Å². The van der Waals surface area contributed by atoms with E-state index < -0.39 is 6.10 Å². The lowest BCUT2D eigenvalue weighted by molar-refractivity contribution is -0.149. The minimum absolute atomic E-state index is 0.00401. The van der Waals surface area contributed by atoms with Crippen LogP contribution in [0.5, 0.6) is 5.75 Å². The maximum Gasteiger partial charge on any atom is 0.250 e. The van der Waals surface area contributed by atoms with E-state index in [4.69, 9.17) is 14.2 Å². The number of carbonyl (C=O) groups excluding carboxylic acids is 2. The average Bonchev–Trinajstić information content (AvgIpc) is 3.12. The number of hydrogen-bond donors (Lipinski definition) is 2. The molecule has 164 valence electrons. The number of aliphatic hydroxyl groups is 1. The standard InChI is InChI=1S/C22H30N2O6/c1-28-13-20(26)23-14-5-6-18-16(9-14)17-10-15(29-19(12-25)22(17)30-18)11-21(27)24-7-3-2-4-8-24/h5-6,9,15,17,19,22,25H,2-4,7-8,10-13H2,1H3,(H,23,26)/t15-,17-,19+,22+/m1/s1. The molecule has 3 heterocycles. The molecule has 0 bridgehead atoms. The van der Waals surface area contributed by atoms with Crippen molar-refractivity contribution in [2.75, 3.05) is 38.7 Å². The molecule has 2 N–H and O–H groups in total. The number of rotatable bonds is 6. The van der Waals surface area contributed by atoms with Gasteiger partial charge in [-0.2, -0.15) is 0 Å². The SMILES string of the molecule is COCC(=O)Nc1ccc2c(c1)[C@H]1C[C@H](CC(=O)N3CCCCC3)O[C@@H](CO)[C@H]1O2. The Balaban J connectivity index is 1.48. The predicted molar refractivity (Wildman–Crippen MR) is 110 cm³/mol. The van der Waals surface area contributed by atoms with Crippen molar-refractivity contribution in [3.8, 4) is 5.75 Å². The Morgan fingerprint density at radius 3 is 2.80 bits per heavy atom. The highest BCUT2D eigenvalue weighted by molar-refractivity contribution is 5.92. The Morgan fingerprint density at radius 2 is 2.07 bits per heavy atom. The lowest BCUT2D eigenvalue weighted by Gasteiger charge is -2.38. The summed E-state index contributed by atoms with van der Waals surface area (Å²) in [5, 5.41) is 12.7. The van der Waals surface area contributed by atoms with E-state index in [1.165, 1.54) is 13.5 Å². The summed E-state index contributed by atoms with van der Waals surface area (Å²) in [4.78, 5) is 26.5. The van der Waals surface area contributed by atoms with Crippen molar-refractivity contribution in [2.24, 2.45) is 0 Å². The second-order valence-electron chi connectivity index (χ2n) is 8.28. The number of anilines is 1. The second-order valence-corrected chi connectivity index (χ2v) is 8.28. The molecule has 2 saturated heterocycles. The molecular formula is C22H30N2O6. The van der Waals surface area contributed by atoms with E-state index in [0.717, 1.165) is 37.2 Å². The number of aliphatic hydroxyl groups excluding tert-OH is 1. The Kier molecular flexibility index (Phi) is 6.55. The van der Waals surface area contributed by atoms with Crippen molar-refractivity contribution in [1.82, 2.24) is 4.90 Å². The fraction of sp³-hybridized carbons (Fsp3) is 0.636. The van der Waals surface area contributed by atoms with E-state index >= 15 is 0 Å². The summed E-state index contributed by atoms with van der Waals surface area (Å²) < 4.78 is 17.0. The summed E-state index contributed by atoms with van der Waals surface area (Å²) >= 11 is 0. The van der Waals surface area contributed by atoms with Gasteiger partial charge in [0.25, 0.3) is 0 Å². The molecule has 0 aliphatic carbocycles. The number of likely N-dealkylation sites (tertiary alicyclic amines) is 1. The van der Waals surface area contributed by atoms with Crippen LogP contribution < -0.4 is 10.1 Å². The van der Waals surface area contributed by atoms with Gasteiger partial charge in [0.1, 0.15) is 24.6 Å². The summed E-state index contributed by atoms with van der Waals surface area (Å²) in [6.07, 6.45) is 3.21. The smallest absolute Gasteiger partial charge is 0.250 e. The van der Waals surface area contributed by atoms with Gasteiger partial charge in [-0.25, -0.2) is 0 Å². The number of amides is 2. The number of nitrogens with one attached hydrogen (secondary N) is 1. The molecule has 0 saturated carbocycles. The van der Waals surface area contributed by atoms with Gasteiger partial charge >= 0.3 is 0 Å². The number of piperidine rings is 1. The highest BCUT2D eigenvalue weighted by atomic mass is 16.6. The summed E-state index contributed by atoms with van der Waals surface area (Å²) in [5.41, 5.74) is 1.65. The normalized spacial score (nSPS) is 27.7. The zero-order valence-electron chi connectivity index (χ0n) is 17.3. The summed E-state index contributed by atoms with van der Waals surface area (Å²) in [6.45, 7) is 1.46. The molecule has 0 unspecified atom stereocenters. The molecule has 2 amide bonds. The monoisotopic (exact) mass is 418 g/mol. The molecule has 4 atom stereocenters. The van der Waals surface area contributed by atoms with Gasteiger partial charge in [0.15, 0.2) is 0 Å². The number of ether oxygens (including phenoxy) is 3. The Hall–Kier alpha value is -2.16. The van der Waals surface area contributed by atoms with Gasteiger partial charge in [0, 0.05) is 37.4 Å². The van der Waals surface area contributed by atoms with Crippen molar-refractivity contribution < 1.29 is 28.9 Å². The fourth-order valence-corrected chi connectivity index (χ4v) is 4.76. The number of nitrogens with zero attached hydrogens (tertiary/aromatic N) is 1. The van der Waals surface area contributed by atoms with Crippen LogP contribution in [-0.4, -0.2) is 73.5 Å². The first-order chi connectivity index (χ1) is 14.6. The largest absolute Gasteiger partial charge is 0.487 e. The van der Waals surface area contributed by atoms with Crippen LogP contribution in [0.4, 0.5) is 5.69 Å². The summed E-state index contributed by atoms with van der Waals surface area (Å²) in [5.74, 6) is 0.636. The highest BCUT2D eigenvalue weighted by Crippen LogP contribution is 2.47. The van der Waals surface area contributed by atoms with Gasteiger partial charge in [-0.05, 0) is 43.9 Å². The molecular weight excluding hydrogens is 388 g/mol. The topological polar surface area (TPSA) is 97.3 Å². The van der Waals surface area contributed by atoms with Crippen LogP contribution in [0.25, 0.3) is 0 Å². The molecule has 0 spiro atoms. The van der Waals surface area contributed by atoms with Crippen LogP contribution in [0, 0.1) is 0 Å². The third kappa shape index (κ3) is 4.45. The lowest BCUT2D eigenvalue weighted by atomic mass is 9.84. The molecule has 8 heteroatoms. The molecule has 0 radical (unpaired) electrons. The Labute approximate surface area is 176 Å². The average molecular weight is 418 g/mol. The van der Waals surface area contributed by atoms with Gasteiger partial charge in [-0.15, -0.1) is 0 Å². The van der Waals surface area contributed by atoms with Crippen LogP contribution in [0.15, 0.2) is 18.2 Å². The zero-order valence-corrected chi connectivity index (χ0v) is 17.3. The molecule has 3 aliphatic heterocycles. The fourth-order valence-electron chi connectivity index (χ4n) is 4.76. The van der Waals surface area contributed by atoms with E-state index in [1.54, 1.807) is 6.07 Å². The van der Waals surface area contributed by atoms with Crippen molar-refractivity contribution in [3.63, 3.8) is 0 Å². The number of benzene rings is 1. The van der Waals surface area contributed by atoms with Crippen molar-refractivity contribution >= 4 is 17.5 Å². The number of fused-ring (bicyclic) bond motifs is 3. The van der Waals surface area contributed by atoms with Gasteiger partial charge in [0.2, 0.25) is 11.8 Å². The van der Waals surface area contributed by atoms with E-state index in [-0.39, 0.29) is 43.2 Å². The quantitative estimate of drug-likeness (QED) is 0.729. The van der Waals surface area contributed by atoms with Gasteiger partial charge in [-0.3, -0.25) is 9.59 Å². The number of methoxy groups -OCH3 is 1. The third-order valence-corrected chi connectivity index (χ3v) is 6.17. The first-order valence-electron chi connectivity index (χ1n) is 10.7. The summed E-state index contributed by atoms with van der Waals surface area (Å²) in [7, 11) is 1.48. The minimum atomic E-state index is -0.484. The van der Waals surface area contributed by atoms with E-state index in [0.29, 0.717) is 18.5 Å². The van der Waals surface area contributed by atoms with Crippen LogP contribution in [0.1, 0.15) is 43.6 Å². The minimum Gasteiger partial charge on any atom is -0.487 e. The van der Waals surface area contributed by atoms with Crippen molar-refractivity contribution in [3.05, 3.63) is 23.8 Å². The van der Waals surface area contributed by atoms with Gasteiger partial charge < -0.3 is 29.5 Å². The van der Waals surface area contributed by atoms with E-state index in [9.17, 15) is 14.7 Å². The predicted octanol–water partition coefficient (Wildman–Crippen LogP) is 1.67. The summed E-state index contributed by atoms with van der Waals surface area (Å²) in [6, 6.07) is 5.53. The van der Waals surface area contributed by atoms with E-state index in [1.807, 2.05) is 17.0 Å². The number of carbonyl (C=O) groups is 2. The maximum atomic E-state index is 12.7. The molecule has 4 rings (SSSR count). The highest BCUT2D eigenvalue weighted by Gasteiger charge is 2.46.